The van der Waals surface area contributed by atoms with E-state index in [1.165, 1.54) is 15.4 Å². The Morgan fingerprint density at radius 1 is 1.24 bits per heavy atom. The fourth-order valence-corrected chi connectivity index (χ4v) is 4.20. The molecule has 3 nitrogen and oxygen atoms in total. The highest BCUT2D eigenvalue weighted by Gasteiger charge is 2.39. The van der Waals surface area contributed by atoms with Gasteiger partial charge in [-0.1, -0.05) is 30.3 Å². The molecular weight excluding hydrogens is 280 g/mol. The Morgan fingerprint density at radius 3 is 2.62 bits per heavy atom. The number of aromatic nitrogens is 1. The van der Waals surface area contributed by atoms with Crippen molar-refractivity contribution in [3.05, 3.63) is 52.0 Å². The standard InChI is InChI=1S/C17H22N2OS/c1-13(18-2)15-12-19-16(21-15)17(8-10-20-11-9-17)14-6-4-3-5-7-14/h3-7,12-13,18H,8-11H2,1-2H3. The third-order valence-corrected chi connectivity index (χ3v) is 5.85. The molecular formula is C17H22N2OS. The topological polar surface area (TPSA) is 34.2 Å². The van der Waals surface area contributed by atoms with E-state index >= 15 is 0 Å². The Hall–Kier alpha value is -1.23. The molecule has 4 heteroatoms. The first kappa shape index (κ1) is 14.7. The van der Waals surface area contributed by atoms with Gasteiger partial charge in [-0.25, -0.2) is 4.98 Å². The van der Waals surface area contributed by atoms with Gasteiger partial charge < -0.3 is 10.1 Å². The van der Waals surface area contributed by atoms with Crippen LogP contribution in [0.1, 0.15) is 41.3 Å². The molecule has 0 aliphatic carbocycles. The van der Waals surface area contributed by atoms with Gasteiger partial charge in [-0.15, -0.1) is 11.3 Å². The Kier molecular flexibility index (Phi) is 4.38. The van der Waals surface area contributed by atoms with Crippen LogP contribution in [0.25, 0.3) is 0 Å². The van der Waals surface area contributed by atoms with Gasteiger partial charge in [-0.3, -0.25) is 0 Å². The number of ether oxygens (including phenoxy) is 1. The fourth-order valence-electron chi connectivity index (χ4n) is 2.95. The second-order valence-electron chi connectivity index (χ2n) is 5.64. The number of hydrogen-bond acceptors (Lipinski definition) is 4. The summed E-state index contributed by atoms with van der Waals surface area (Å²) in [6, 6.07) is 11.1. The summed E-state index contributed by atoms with van der Waals surface area (Å²) >= 11 is 1.84. The van der Waals surface area contributed by atoms with E-state index in [9.17, 15) is 0 Å². The zero-order valence-corrected chi connectivity index (χ0v) is 13.5. The van der Waals surface area contributed by atoms with Crippen molar-refractivity contribution in [3.63, 3.8) is 0 Å². The first-order valence-electron chi connectivity index (χ1n) is 7.53. The third kappa shape index (κ3) is 2.76. The normalized spacial score (nSPS) is 19.3. The van der Waals surface area contributed by atoms with Crippen LogP contribution >= 0.6 is 11.3 Å². The average Bonchev–Trinajstić information content (AvgIpc) is 3.06. The summed E-state index contributed by atoms with van der Waals surface area (Å²) in [6.07, 6.45) is 4.05. The number of hydrogen-bond donors (Lipinski definition) is 1. The maximum Gasteiger partial charge on any atom is 0.104 e. The zero-order chi connectivity index (χ0) is 14.7. The molecule has 2 heterocycles. The summed E-state index contributed by atoms with van der Waals surface area (Å²) in [6.45, 7) is 3.80. The van der Waals surface area contributed by atoms with Crippen molar-refractivity contribution in [1.82, 2.24) is 10.3 Å². The van der Waals surface area contributed by atoms with Crippen LogP contribution in [0, 0.1) is 0 Å². The van der Waals surface area contributed by atoms with Crippen molar-refractivity contribution >= 4 is 11.3 Å². The minimum Gasteiger partial charge on any atom is -0.381 e. The van der Waals surface area contributed by atoms with E-state index in [0.717, 1.165) is 26.1 Å². The van der Waals surface area contributed by atoms with E-state index in [2.05, 4.69) is 42.6 Å². The smallest absolute Gasteiger partial charge is 0.104 e. The molecule has 1 unspecified atom stereocenters. The van der Waals surface area contributed by atoms with Gasteiger partial charge in [0.15, 0.2) is 0 Å². The van der Waals surface area contributed by atoms with Crippen LogP contribution in [0.3, 0.4) is 0 Å². The molecule has 3 rings (SSSR count). The van der Waals surface area contributed by atoms with E-state index in [1.54, 1.807) is 0 Å². The molecule has 0 saturated carbocycles. The highest BCUT2D eigenvalue weighted by molar-refractivity contribution is 7.11. The molecule has 0 amide bonds. The summed E-state index contributed by atoms with van der Waals surface area (Å²) in [4.78, 5) is 6.08. The molecule has 1 aliphatic rings. The maximum absolute atomic E-state index is 5.61. The van der Waals surface area contributed by atoms with Crippen molar-refractivity contribution in [2.75, 3.05) is 20.3 Å². The van der Waals surface area contributed by atoms with E-state index in [-0.39, 0.29) is 5.41 Å². The number of nitrogens with zero attached hydrogens (tertiary/aromatic N) is 1. The average molecular weight is 302 g/mol. The molecule has 1 aromatic heterocycles. The Balaban J connectivity index is 2.02. The molecule has 0 radical (unpaired) electrons. The van der Waals surface area contributed by atoms with Crippen molar-refractivity contribution < 1.29 is 4.74 Å². The van der Waals surface area contributed by atoms with Gasteiger partial charge in [0, 0.05) is 30.3 Å². The Labute approximate surface area is 130 Å². The highest BCUT2D eigenvalue weighted by Crippen LogP contribution is 2.43. The third-order valence-electron chi connectivity index (χ3n) is 4.47. The Morgan fingerprint density at radius 2 is 1.95 bits per heavy atom. The summed E-state index contributed by atoms with van der Waals surface area (Å²) < 4.78 is 5.61. The second kappa shape index (κ2) is 6.26. The number of nitrogens with one attached hydrogen (secondary N) is 1. The lowest BCUT2D eigenvalue weighted by Crippen LogP contribution is -2.34. The van der Waals surface area contributed by atoms with Crippen molar-refractivity contribution in [1.29, 1.82) is 0 Å². The molecule has 0 spiro atoms. The molecule has 1 aliphatic heterocycles. The molecule has 2 aromatic rings. The van der Waals surface area contributed by atoms with Gasteiger partial charge in [-0.2, -0.15) is 0 Å². The van der Waals surface area contributed by atoms with Crippen LogP contribution in [0.15, 0.2) is 36.5 Å². The molecule has 1 aromatic carbocycles. The van der Waals surface area contributed by atoms with Gasteiger partial charge in [0.25, 0.3) is 0 Å². The SMILES string of the molecule is CNC(C)c1cnc(C2(c3ccccc3)CCOCC2)s1. The van der Waals surface area contributed by atoms with E-state index in [4.69, 9.17) is 9.72 Å². The largest absolute Gasteiger partial charge is 0.381 e. The lowest BCUT2D eigenvalue weighted by atomic mass is 9.75. The predicted octanol–water partition coefficient (Wildman–Crippen LogP) is 3.52. The second-order valence-corrected chi connectivity index (χ2v) is 6.70. The maximum atomic E-state index is 5.61. The van der Waals surface area contributed by atoms with Gasteiger partial charge in [-0.05, 0) is 32.4 Å². The van der Waals surface area contributed by atoms with Crippen LogP contribution in [-0.2, 0) is 10.2 Å². The van der Waals surface area contributed by atoms with Crippen molar-refractivity contribution in [3.8, 4) is 0 Å². The molecule has 21 heavy (non-hydrogen) atoms. The molecule has 1 atom stereocenters. The molecule has 1 fully saturated rings. The molecule has 0 bridgehead atoms. The minimum absolute atomic E-state index is 0.0237. The first-order valence-corrected chi connectivity index (χ1v) is 8.35. The predicted molar refractivity (Wildman–Crippen MR) is 86.9 cm³/mol. The number of benzene rings is 1. The first-order chi connectivity index (χ1) is 10.3. The van der Waals surface area contributed by atoms with Gasteiger partial charge >= 0.3 is 0 Å². The van der Waals surface area contributed by atoms with Crippen LogP contribution in [0.2, 0.25) is 0 Å². The number of thiazole rings is 1. The van der Waals surface area contributed by atoms with Crippen LogP contribution in [0.5, 0.6) is 0 Å². The van der Waals surface area contributed by atoms with Crippen LogP contribution < -0.4 is 5.32 Å². The fraction of sp³-hybridized carbons (Fsp3) is 0.471. The molecule has 112 valence electrons. The summed E-state index contributed by atoms with van der Waals surface area (Å²) in [5.41, 5.74) is 1.39. The number of rotatable bonds is 4. The van der Waals surface area contributed by atoms with Gasteiger partial charge in [0.2, 0.25) is 0 Å². The summed E-state index contributed by atoms with van der Waals surface area (Å²) in [7, 11) is 1.99. The summed E-state index contributed by atoms with van der Waals surface area (Å²) in [5, 5.41) is 4.53. The van der Waals surface area contributed by atoms with Crippen molar-refractivity contribution in [2.24, 2.45) is 0 Å². The van der Waals surface area contributed by atoms with E-state index in [0.29, 0.717) is 6.04 Å². The molecule has 1 saturated heterocycles. The monoisotopic (exact) mass is 302 g/mol. The zero-order valence-electron chi connectivity index (χ0n) is 12.6. The van der Waals surface area contributed by atoms with Gasteiger partial charge in [0.05, 0.1) is 5.41 Å². The van der Waals surface area contributed by atoms with Gasteiger partial charge in [0.1, 0.15) is 5.01 Å². The minimum atomic E-state index is 0.0237. The summed E-state index contributed by atoms with van der Waals surface area (Å²) in [5.74, 6) is 0. The Bertz CT molecular complexity index is 575. The lowest BCUT2D eigenvalue weighted by molar-refractivity contribution is 0.0630. The van der Waals surface area contributed by atoms with Crippen LogP contribution in [0.4, 0.5) is 0 Å². The highest BCUT2D eigenvalue weighted by atomic mass is 32.1. The molecule has 1 N–H and O–H groups in total. The lowest BCUT2D eigenvalue weighted by Gasteiger charge is -2.36. The quantitative estimate of drug-likeness (QED) is 0.938. The van der Waals surface area contributed by atoms with Crippen molar-refractivity contribution in [2.45, 2.75) is 31.2 Å². The van der Waals surface area contributed by atoms with E-state index in [1.807, 2.05) is 24.6 Å². The van der Waals surface area contributed by atoms with Crippen LogP contribution in [-0.4, -0.2) is 25.2 Å². The van der Waals surface area contributed by atoms with E-state index < -0.39 is 0 Å².